The molecule has 22 heavy (non-hydrogen) atoms. The molecule has 1 aliphatic carbocycles. The molecule has 0 heterocycles. The topological polar surface area (TPSA) is 29.1 Å². The monoisotopic (exact) mass is 313 g/mol. The van der Waals surface area contributed by atoms with Gasteiger partial charge in [-0.05, 0) is 36.0 Å². The zero-order chi connectivity index (χ0) is 16.3. The van der Waals surface area contributed by atoms with Crippen molar-refractivity contribution in [2.75, 3.05) is 0 Å². The highest BCUT2D eigenvalue weighted by atomic mass is 19.4. The Morgan fingerprint density at radius 2 is 1.82 bits per heavy atom. The highest BCUT2D eigenvalue weighted by molar-refractivity contribution is 5.78. The molecule has 1 N–H and O–H groups in total. The van der Waals surface area contributed by atoms with Crippen molar-refractivity contribution in [1.29, 1.82) is 0 Å². The second-order valence-electron chi connectivity index (χ2n) is 6.31. The largest absolute Gasteiger partial charge is 0.416 e. The Morgan fingerprint density at radius 1 is 1.18 bits per heavy atom. The highest BCUT2D eigenvalue weighted by Gasteiger charge is 2.30. The molecule has 1 aromatic rings. The van der Waals surface area contributed by atoms with Crippen LogP contribution >= 0.6 is 0 Å². The first-order valence-corrected chi connectivity index (χ1v) is 7.73. The van der Waals surface area contributed by atoms with E-state index in [0.29, 0.717) is 17.4 Å². The van der Waals surface area contributed by atoms with Crippen LogP contribution < -0.4 is 5.32 Å². The number of halogens is 3. The van der Waals surface area contributed by atoms with Crippen LogP contribution in [0, 0.1) is 11.8 Å². The van der Waals surface area contributed by atoms with E-state index in [9.17, 15) is 18.0 Å². The van der Waals surface area contributed by atoms with Crippen molar-refractivity contribution in [3.05, 3.63) is 35.4 Å². The smallest absolute Gasteiger partial charge is 0.353 e. The van der Waals surface area contributed by atoms with Crippen molar-refractivity contribution >= 4 is 5.91 Å². The summed E-state index contributed by atoms with van der Waals surface area (Å²) in [5, 5.41) is 3.03. The molecule has 2 nitrogen and oxygen atoms in total. The van der Waals surface area contributed by atoms with Crippen LogP contribution in [-0.4, -0.2) is 11.9 Å². The number of hydrogen-bond acceptors (Lipinski definition) is 1. The number of nitrogens with one attached hydrogen (secondary N) is 1. The molecule has 1 aromatic carbocycles. The van der Waals surface area contributed by atoms with E-state index in [1.165, 1.54) is 18.6 Å². The van der Waals surface area contributed by atoms with Crippen LogP contribution in [0.2, 0.25) is 0 Å². The maximum atomic E-state index is 12.5. The van der Waals surface area contributed by atoms with Gasteiger partial charge in [-0.15, -0.1) is 0 Å². The third-order valence-electron chi connectivity index (χ3n) is 4.70. The molecule has 2 rings (SSSR count). The molecular formula is C17H22F3NO. The summed E-state index contributed by atoms with van der Waals surface area (Å²) in [4.78, 5) is 12.1. The first kappa shape index (κ1) is 16.8. The Morgan fingerprint density at radius 3 is 2.41 bits per heavy atom. The van der Waals surface area contributed by atoms with Gasteiger partial charge in [0.1, 0.15) is 0 Å². The van der Waals surface area contributed by atoms with Crippen LogP contribution in [-0.2, 0) is 17.4 Å². The van der Waals surface area contributed by atoms with E-state index >= 15 is 0 Å². The molecule has 0 radical (unpaired) electrons. The lowest BCUT2D eigenvalue weighted by Gasteiger charge is -2.34. The fourth-order valence-electron chi connectivity index (χ4n) is 3.04. The standard InChI is InChI=1S/C17H22F3NO/c1-11-4-3-5-15(12(11)2)21-16(22)10-13-6-8-14(9-7-13)17(18,19)20/h6-9,11-12,15H,3-5,10H2,1-2H3,(H,21,22)/t11-,12+,15-/m1/s1. The molecule has 3 atom stereocenters. The summed E-state index contributed by atoms with van der Waals surface area (Å²) in [7, 11) is 0. The summed E-state index contributed by atoms with van der Waals surface area (Å²) in [6.07, 6.45) is -0.947. The highest BCUT2D eigenvalue weighted by Crippen LogP contribution is 2.30. The number of alkyl halides is 3. The van der Waals surface area contributed by atoms with E-state index in [1.807, 2.05) is 0 Å². The summed E-state index contributed by atoms with van der Waals surface area (Å²) in [6.45, 7) is 4.34. The lowest BCUT2D eigenvalue weighted by Crippen LogP contribution is -2.44. The molecule has 0 saturated heterocycles. The molecule has 0 unspecified atom stereocenters. The molecule has 1 saturated carbocycles. The molecule has 0 bridgehead atoms. The second-order valence-corrected chi connectivity index (χ2v) is 6.31. The molecule has 0 aliphatic heterocycles. The van der Waals surface area contributed by atoms with Crippen molar-refractivity contribution in [2.45, 2.75) is 51.7 Å². The zero-order valence-electron chi connectivity index (χ0n) is 12.9. The van der Waals surface area contributed by atoms with Gasteiger partial charge in [0.2, 0.25) is 5.91 Å². The fourth-order valence-corrected chi connectivity index (χ4v) is 3.04. The molecule has 0 spiro atoms. The van der Waals surface area contributed by atoms with Crippen molar-refractivity contribution < 1.29 is 18.0 Å². The van der Waals surface area contributed by atoms with E-state index < -0.39 is 11.7 Å². The van der Waals surface area contributed by atoms with Crippen LogP contribution in [0.4, 0.5) is 13.2 Å². The van der Waals surface area contributed by atoms with Gasteiger partial charge in [0, 0.05) is 6.04 Å². The van der Waals surface area contributed by atoms with Gasteiger partial charge in [-0.25, -0.2) is 0 Å². The average molecular weight is 313 g/mol. The molecule has 1 aliphatic rings. The lowest BCUT2D eigenvalue weighted by atomic mass is 9.78. The maximum Gasteiger partial charge on any atom is 0.416 e. The number of hydrogen-bond donors (Lipinski definition) is 1. The van der Waals surface area contributed by atoms with E-state index in [-0.39, 0.29) is 18.4 Å². The van der Waals surface area contributed by atoms with Crippen molar-refractivity contribution in [3.8, 4) is 0 Å². The van der Waals surface area contributed by atoms with Crippen molar-refractivity contribution in [1.82, 2.24) is 5.32 Å². The Balaban J connectivity index is 1.92. The van der Waals surface area contributed by atoms with Gasteiger partial charge in [0.15, 0.2) is 0 Å². The van der Waals surface area contributed by atoms with Crippen LogP contribution in [0.3, 0.4) is 0 Å². The van der Waals surface area contributed by atoms with Crippen molar-refractivity contribution in [2.24, 2.45) is 11.8 Å². The third kappa shape index (κ3) is 4.24. The van der Waals surface area contributed by atoms with Gasteiger partial charge in [-0.3, -0.25) is 4.79 Å². The third-order valence-corrected chi connectivity index (χ3v) is 4.70. The van der Waals surface area contributed by atoms with Crippen LogP contribution in [0.15, 0.2) is 24.3 Å². The SMILES string of the molecule is C[C@H]1[C@H](C)CCC[C@H]1NC(=O)Cc1ccc(C(F)(F)F)cc1. The molecule has 122 valence electrons. The number of carbonyl (C=O) groups excluding carboxylic acids is 1. The molecule has 5 heteroatoms. The summed E-state index contributed by atoms with van der Waals surface area (Å²) < 4.78 is 37.5. The summed E-state index contributed by atoms with van der Waals surface area (Å²) in [6, 6.07) is 4.96. The lowest BCUT2D eigenvalue weighted by molar-refractivity contribution is -0.137. The van der Waals surface area contributed by atoms with Gasteiger partial charge >= 0.3 is 6.18 Å². The van der Waals surface area contributed by atoms with Crippen LogP contribution in [0.25, 0.3) is 0 Å². The summed E-state index contributed by atoms with van der Waals surface area (Å²) in [5.74, 6) is 0.904. The molecule has 1 amide bonds. The minimum atomic E-state index is -4.34. The first-order valence-electron chi connectivity index (χ1n) is 7.73. The molecule has 0 aromatic heterocycles. The molecule has 1 fully saturated rings. The van der Waals surface area contributed by atoms with Gasteiger partial charge < -0.3 is 5.32 Å². The van der Waals surface area contributed by atoms with Gasteiger partial charge in [-0.2, -0.15) is 13.2 Å². The van der Waals surface area contributed by atoms with Crippen molar-refractivity contribution in [3.63, 3.8) is 0 Å². The number of carbonyl (C=O) groups is 1. The normalized spacial score (nSPS) is 25.8. The number of benzene rings is 1. The van der Waals surface area contributed by atoms with E-state index in [4.69, 9.17) is 0 Å². The Bertz CT molecular complexity index is 510. The van der Waals surface area contributed by atoms with Crippen LogP contribution in [0.1, 0.15) is 44.2 Å². The Kier molecular flexibility index (Phi) is 5.14. The Hall–Kier alpha value is -1.52. The van der Waals surface area contributed by atoms with Crippen LogP contribution in [0.5, 0.6) is 0 Å². The van der Waals surface area contributed by atoms with Gasteiger partial charge in [-0.1, -0.05) is 38.8 Å². The maximum absolute atomic E-state index is 12.5. The van der Waals surface area contributed by atoms with E-state index in [1.54, 1.807) is 0 Å². The summed E-state index contributed by atoms with van der Waals surface area (Å²) >= 11 is 0. The second kappa shape index (κ2) is 6.71. The van der Waals surface area contributed by atoms with E-state index in [2.05, 4.69) is 19.2 Å². The van der Waals surface area contributed by atoms with Gasteiger partial charge in [0.25, 0.3) is 0 Å². The van der Waals surface area contributed by atoms with E-state index in [0.717, 1.165) is 25.0 Å². The average Bonchev–Trinajstić information content (AvgIpc) is 2.43. The zero-order valence-corrected chi connectivity index (χ0v) is 12.9. The number of amides is 1. The Labute approximate surface area is 129 Å². The minimum Gasteiger partial charge on any atom is -0.353 e. The number of rotatable bonds is 3. The minimum absolute atomic E-state index is 0.120. The van der Waals surface area contributed by atoms with Gasteiger partial charge in [0.05, 0.1) is 12.0 Å². The summed E-state index contributed by atoms with van der Waals surface area (Å²) in [5.41, 5.74) is -0.0894. The quantitative estimate of drug-likeness (QED) is 0.891. The predicted molar refractivity (Wildman–Crippen MR) is 79.3 cm³/mol. The predicted octanol–water partition coefficient (Wildman–Crippen LogP) is 4.19. The first-order chi connectivity index (χ1) is 10.3. The fraction of sp³-hybridized carbons (Fsp3) is 0.588. The molecular weight excluding hydrogens is 291 g/mol.